The Morgan fingerprint density at radius 3 is 2.12 bits per heavy atom. The maximum Gasteiger partial charge on any atom is 0.341 e. The first-order valence-corrected chi connectivity index (χ1v) is 5.13. The Morgan fingerprint density at radius 1 is 1.12 bits per heavy atom. The molecule has 1 aromatic rings. The van der Waals surface area contributed by atoms with Gasteiger partial charge in [-0.2, -0.15) is 0 Å². The fourth-order valence-electron chi connectivity index (χ4n) is 1.10. The largest absolute Gasteiger partial charge is 0.497 e. The van der Waals surface area contributed by atoms with Gasteiger partial charge in [-0.25, -0.2) is 9.18 Å². The SMILES string of the molecule is CC.COC(=O)c1cc(OC)cc(OC)c1F. The van der Waals surface area contributed by atoms with Crippen molar-refractivity contribution in [3.8, 4) is 11.5 Å². The van der Waals surface area contributed by atoms with E-state index in [0.29, 0.717) is 5.75 Å². The zero-order valence-corrected chi connectivity index (χ0v) is 10.7. The van der Waals surface area contributed by atoms with E-state index >= 15 is 0 Å². The molecule has 0 saturated carbocycles. The van der Waals surface area contributed by atoms with Crippen molar-refractivity contribution in [1.82, 2.24) is 0 Å². The Morgan fingerprint density at radius 2 is 1.71 bits per heavy atom. The van der Waals surface area contributed by atoms with E-state index in [2.05, 4.69) is 4.74 Å². The molecule has 0 aliphatic carbocycles. The van der Waals surface area contributed by atoms with E-state index in [1.54, 1.807) is 0 Å². The molecule has 0 amide bonds. The van der Waals surface area contributed by atoms with Crippen LogP contribution >= 0.6 is 0 Å². The highest BCUT2D eigenvalue weighted by atomic mass is 19.1. The number of benzene rings is 1. The summed E-state index contributed by atoms with van der Waals surface area (Å²) in [4.78, 5) is 11.2. The van der Waals surface area contributed by atoms with E-state index in [0.717, 1.165) is 0 Å². The summed E-state index contributed by atoms with van der Waals surface area (Å²) in [5.41, 5.74) is -0.214. The third-order valence-corrected chi connectivity index (χ3v) is 1.87. The molecule has 0 atom stereocenters. The highest BCUT2D eigenvalue weighted by molar-refractivity contribution is 5.90. The molecular formula is C12H17FO4. The lowest BCUT2D eigenvalue weighted by Crippen LogP contribution is -2.06. The van der Waals surface area contributed by atoms with Gasteiger partial charge in [0.1, 0.15) is 11.3 Å². The third-order valence-electron chi connectivity index (χ3n) is 1.87. The minimum atomic E-state index is -0.773. The molecule has 96 valence electrons. The van der Waals surface area contributed by atoms with Gasteiger partial charge in [-0.1, -0.05) is 13.8 Å². The molecule has 0 unspecified atom stereocenters. The van der Waals surface area contributed by atoms with Crippen molar-refractivity contribution < 1.29 is 23.4 Å². The Balaban J connectivity index is 0.00000121. The molecule has 17 heavy (non-hydrogen) atoms. The molecule has 0 heterocycles. The van der Waals surface area contributed by atoms with Crippen molar-refractivity contribution in [2.45, 2.75) is 13.8 Å². The van der Waals surface area contributed by atoms with Gasteiger partial charge in [0.05, 0.1) is 21.3 Å². The fourth-order valence-corrected chi connectivity index (χ4v) is 1.10. The number of hydrogen-bond donors (Lipinski definition) is 0. The van der Waals surface area contributed by atoms with Crippen molar-refractivity contribution in [3.63, 3.8) is 0 Å². The van der Waals surface area contributed by atoms with Crippen LogP contribution < -0.4 is 9.47 Å². The molecular weight excluding hydrogens is 227 g/mol. The number of hydrogen-bond acceptors (Lipinski definition) is 4. The highest BCUT2D eigenvalue weighted by Crippen LogP contribution is 2.27. The minimum Gasteiger partial charge on any atom is -0.497 e. The molecule has 0 aromatic heterocycles. The topological polar surface area (TPSA) is 44.8 Å². The highest BCUT2D eigenvalue weighted by Gasteiger charge is 2.18. The van der Waals surface area contributed by atoms with Crippen molar-refractivity contribution >= 4 is 5.97 Å². The van der Waals surface area contributed by atoms with Crippen LogP contribution in [0.15, 0.2) is 12.1 Å². The van der Waals surface area contributed by atoms with Crippen molar-refractivity contribution in [1.29, 1.82) is 0 Å². The first-order chi connectivity index (χ1) is 8.13. The molecule has 0 spiro atoms. The van der Waals surface area contributed by atoms with Crippen LogP contribution in [0.5, 0.6) is 11.5 Å². The lowest BCUT2D eigenvalue weighted by Gasteiger charge is -2.08. The number of methoxy groups -OCH3 is 3. The Hall–Kier alpha value is -1.78. The van der Waals surface area contributed by atoms with Crippen molar-refractivity contribution in [3.05, 3.63) is 23.5 Å². The van der Waals surface area contributed by atoms with Gasteiger partial charge in [0.2, 0.25) is 0 Å². The summed E-state index contributed by atoms with van der Waals surface area (Å²) in [5, 5.41) is 0. The van der Waals surface area contributed by atoms with Crippen LogP contribution in [0, 0.1) is 5.82 Å². The van der Waals surface area contributed by atoms with E-state index in [4.69, 9.17) is 9.47 Å². The third kappa shape index (κ3) is 3.62. The molecule has 0 bridgehead atoms. The van der Waals surface area contributed by atoms with E-state index in [1.807, 2.05) is 13.8 Å². The van der Waals surface area contributed by atoms with Crippen LogP contribution in [0.1, 0.15) is 24.2 Å². The predicted octanol–water partition coefficient (Wildman–Crippen LogP) is 2.66. The van der Waals surface area contributed by atoms with Gasteiger partial charge < -0.3 is 14.2 Å². The normalized spacial score (nSPS) is 8.82. The molecule has 1 rings (SSSR count). The second-order valence-electron chi connectivity index (χ2n) is 2.68. The van der Waals surface area contributed by atoms with Crippen molar-refractivity contribution in [2.75, 3.05) is 21.3 Å². The van der Waals surface area contributed by atoms with Crippen LogP contribution in [-0.4, -0.2) is 27.3 Å². The standard InChI is InChI=1S/C10H11FO4.C2H6/c1-13-6-4-7(10(12)15-3)9(11)8(5-6)14-2;1-2/h4-5H,1-3H3;1-2H3. The minimum absolute atomic E-state index is 0.0604. The monoisotopic (exact) mass is 244 g/mol. The fraction of sp³-hybridized carbons (Fsp3) is 0.417. The Labute approximate surface area is 100 Å². The molecule has 0 saturated heterocycles. The number of halogens is 1. The summed E-state index contributed by atoms with van der Waals surface area (Å²) in [6.07, 6.45) is 0. The van der Waals surface area contributed by atoms with Gasteiger partial charge in [-0.05, 0) is 6.07 Å². The number of esters is 1. The number of ether oxygens (including phenoxy) is 3. The average molecular weight is 244 g/mol. The van der Waals surface area contributed by atoms with Gasteiger partial charge >= 0.3 is 5.97 Å². The summed E-state index contributed by atoms with van der Waals surface area (Å²) in [5.74, 6) is -1.27. The lowest BCUT2D eigenvalue weighted by atomic mass is 10.2. The number of carbonyl (C=O) groups is 1. The molecule has 0 radical (unpaired) electrons. The average Bonchev–Trinajstić information content (AvgIpc) is 2.40. The van der Waals surface area contributed by atoms with Gasteiger partial charge in [-0.15, -0.1) is 0 Å². The summed E-state index contributed by atoms with van der Waals surface area (Å²) in [6.45, 7) is 4.00. The lowest BCUT2D eigenvalue weighted by molar-refractivity contribution is 0.0594. The van der Waals surface area contributed by atoms with Crippen LogP contribution in [-0.2, 0) is 4.74 Å². The summed E-state index contributed by atoms with van der Waals surface area (Å²) < 4.78 is 27.6. The van der Waals surface area contributed by atoms with Crippen LogP contribution in [0.3, 0.4) is 0 Å². The molecule has 0 fully saturated rings. The van der Waals surface area contributed by atoms with Crippen LogP contribution in [0.25, 0.3) is 0 Å². The second-order valence-corrected chi connectivity index (χ2v) is 2.68. The molecule has 0 aliphatic rings. The first-order valence-electron chi connectivity index (χ1n) is 5.13. The van der Waals surface area contributed by atoms with Crippen LogP contribution in [0.4, 0.5) is 4.39 Å². The zero-order valence-electron chi connectivity index (χ0n) is 10.7. The van der Waals surface area contributed by atoms with E-state index in [1.165, 1.54) is 33.5 Å². The molecule has 0 aliphatic heterocycles. The Kier molecular flexibility index (Phi) is 6.70. The number of carbonyl (C=O) groups excluding carboxylic acids is 1. The zero-order chi connectivity index (χ0) is 13.4. The van der Waals surface area contributed by atoms with Crippen LogP contribution in [0.2, 0.25) is 0 Å². The van der Waals surface area contributed by atoms with Gasteiger partial charge in [0, 0.05) is 6.07 Å². The predicted molar refractivity (Wildman–Crippen MR) is 62.2 cm³/mol. The number of rotatable bonds is 3. The Bertz CT molecular complexity index is 377. The summed E-state index contributed by atoms with van der Waals surface area (Å²) >= 11 is 0. The second kappa shape index (κ2) is 7.49. The first kappa shape index (κ1) is 15.2. The maximum atomic E-state index is 13.5. The van der Waals surface area contributed by atoms with E-state index in [9.17, 15) is 9.18 Å². The summed E-state index contributed by atoms with van der Waals surface area (Å²) in [6, 6.07) is 2.60. The quantitative estimate of drug-likeness (QED) is 0.767. The van der Waals surface area contributed by atoms with Gasteiger partial charge in [0.15, 0.2) is 11.6 Å². The molecule has 4 nitrogen and oxygen atoms in total. The van der Waals surface area contributed by atoms with Crippen molar-refractivity contribution in [2.24, 2.45) is 0 Å². The van der Waals surface area contributed by atoms with Gasteiger partial charge in [-0.3, -0.25) is 0 Å². The van der Waals surface area contributed by atoms with E-state index < -0.39 is 11.8 Å². The maximum absolute atomic E-state index is 13.5. The van der Waals surface area contributed by atoms with Gasteiger partial charge in [0.25, 0.3) is 0 Å². The molecule has 0 N–H and O–H groups in total. The molecule has 5 heteroatoms. The van der Waals surface area contributed by atoms with E-state index in [-0.39, 0.29) is 11.3 Å². The molecule has 1 aromatic carbocycles. The smallest absolute Gasteiger partial charge is 0.341 e. The summed E-state index contributed by atoms with van der Waals surface area (Å²) in [7, 11) is 3.89.